The molecule has 1 amide bonds. The van der Waals surface area contributed by atoms with Crippen molar-refractivity contribution in [3.05, 3.63) is 49.5 Å². The van der Waals surface area contributed by atoms with Crippen molar-refractivity contribution in [3.8, 4) is 5.75 Å². The standard InChI is InChI=1S/C19H17Cl3N2O2S/c1-8-5-9(2)17-12(6-8)27-19(24-17)23-13(25)7-26-18-15(21)10(3)14(20)11(4)16(18)22/h5-6H,7H2,1-4H3,(H,23,24,25). The van der Waals surface area contributed by atoms with E-state index in [1.807, 2.05) is 19.9 Å². The number of hydrogen-bond donors (Lipinski definition) is 1. The molecule has 0 spiro atoms. The van der Waals surface area contributed by atoms with E-state index in [9.17, 15) is 4.79 Å². The highest BCUT2D eigenvalue weighted by atomic mass is 35.5. The van der Waals surface area contributed by atoms with E-state index < -0.39 is 0 Å². The maximum Gasteiger partial charge on any atom is 0.264 e. The van der Waals surface area contributed by atoms with Crippen molar-refractivity contribution in [3.63, 3.8) is 0 Å². The summed E-state index contributed by atoms with van der Waals surface area (Å²) in [7, 11) is 0. The van der Waals surface area contributed by atoms with Gasteiger partial charge in [0.05, 0.1) is 20.3 Å². The molecule has 3 aromatic rings. The largest absolute Gasteiger partial charge is 0.481 e. The predicted octanol–water partition coefficient (Wildman–Crippen LogP) is 6.51. The first kappa shape index (κ1) is 20.2. The molecule has 2 aromatic carbocycles. The number of aromatic nitrogens is 1. The SMILES string of the molecule is Cc1cc(C)c2nc(NC(=O)COc3c(Cl)c(C)c(Cl)c(C)c3Cl)sc2c1. The molecular weight excluding hydrogens is 427 g/mol. The number of halogens is 3. The van der Waals surface area contributed by atoms with E-state index in [-0.39, 0.29) is 18.3 Å². The molecule has 0 aliphatic heterocycles. The summed E-state index contributed by atoms with van der Waals surface area (Å²) in [4.78, 5) is 16.8. The van der Waals surface area contributed by atoms with Crippen LogP contribution in [0.1, 0.15) is 22.3 Å². The molecule has 0 saturated heterocycles. The third kappa shape index (κ3) is 4.02. The summed E-state index contributed by atoms with van der Waals surface area (Å²) in [6.45, 7) is 7.33. The van der Waals surface area contributed by atoms with Gasteiger partial charge >= 0.3 is 0 Å². The molecule has 0 fully saturated rings. The second-order valence-corrected chi connectivity index (χ2v) is 8.47. The van der Waals surface area contributed by atoms with Crippen molar-refractivity contribution < 1.29 is 9.53 Å². The van der Waals surface area contributed by atoms with Crippen LogP contribution in [0, 0.1) is 27.7 Å². The van der Waals surface area contributed by atoms with E-state index in [2.05, 4.69) is 16.4 Å². The minimum atomic E-state index is -0.346. The number of ether oxygens (including phenoxy) is 1. The van der Waals surface area contributed by atoms with Gasteiger partial charge in [-0.3, -0.25) is 10.1 Å². The Morgan fingerprint density at radius 3 is 2.33 bits per heavy atom. The van der Waals surface area contributed by atoms with Crippen LogP contribution in [-0.2, 0) is 4.79 Å². The molecule has 27 heavy (non-hydrogen) atoms. The first-order chi connectivity index (χ1) is 12.7. The van der Waals surface area contributed by atoms with Crippen LogP contribution in [0.3, 0.4) is 0 Å². The van der Waals surface area contributed by atoms with Gasteiger partial charge in [-0.2, -0.15) is 0 Å². The van der Waals surface area contributed by atoms with Gasteiger partial charge in [0.25, 0.3) is 5.91 Å². The van der Waals surface area contributed by atoms with Gasteiger partial charge in [0.15, 0.2) is 17.5 Å². The Labute approximate surface area is 176 Å². The van der Waals surface area contributed by atoms with Gasteiger partial charge in [-0.1, -0.05) is 52.2 Å². The molecule has 8 heteroatoms. The first-order valence-electron chi connectivity index (χ1n) is 8.13. The van der Waals surface area contributed by atoms with E-state index in [1.54, 1.807) is 13.8 Å². The van der Waals surface area contributed by atoms with Crippen molar-refractivity contribution >= 4 is 67.4 Å². The fraction of sp³-hybridized carbons (Fsp3) is 0.263. The zero-order chi connectivity index (χ0) is 19.9. The van der Waals surface area contributed by atoms with Crippen molar-refractivity contribution in [1.82, 2.24) is 4.98 Å². The lowest BCUT2D eigenvalue weighted by Gasteiger charge is -2.15. The molecule has 0 atom stereocenters. The van der Waals surface area contributed by atoms with E-state index in [0.29, 0.717) is 31.3 Å². The molecule has 1 aromatic heterocycles. The van der Waals surface area contributed by atoms with Crippen LogP contribution in [0.25, 0.3) is 10.2 Å². The summed E-state index contributed by atoms with van der Waals surface area (Å²) in [5.41, 5.74) is 4.43. The lowest BCUT2D eigenvalue weighted by molar-refractivity contribution is -0.118. The molecule has 0 aliphatic carbocycles. The van der Waals surface area contributed by atoms with Crippen LogP contribution in [-0.4, -0.2) is 17.5 Å². The summed E-state index contributed by atoms with van der Waals surface area (Å²) in [5.74, 6) is -0.0931. The lowest BCUT2D eigenvalue weighted by Crippen LogP contribution is -2.20. The summed E-state index contributed by atoms with van der Waals surface area (Å²) in [6.07, 6.45) is 0. The molecule has 0 aliphatic rings. The molecule has 0 bridgehead atoms. The predicted molar refractivity (Wildman–Crippen MR) is 114 cm³/mol. The highest BCUT2D eigenvalue weighted by Crippen LogP contribution is 2.42. The van der Waals surface area contributed by atoms with Crippen LogP contribution < -0.4 is 10.1 Å². The van der Waals surface area contributed by atoms with Gasteiger partial charge in [0.2, 0.25) is 0 Å². The third-order valence-electron chi connectivity index (χ3n) is 4.14. The summed E-state index contributed by atoms with van der Waals surface area (Å²) >= 11 is 20.1. The maximum atomic E-state index is 12.3. The zero-order valence-electron chi connectivity index (χ0n) is 15.2. The Bertz CT molecular complexity index is 1030. The van der Waals surface area contributed by atoms with Crippen LogP contribution >= 0.6 is 46.1 Å². The van der Waals surface area contributed by atoms with Gasteiger partial charge < -0.3 is 4.74 Å². The Morgan fingerprint density at radius 2 is 1.70 bits per heavy atom. The summed E-state index contributed by atoms with van der Waals surface area (Å²) in [5, 5.41) is 4.37. The Hall–Kier alpha value is -1.53. The number of amides is 1. The fourth-order valence-corrected chi connectivity index (χ4v) is 4.63. The smallest absolute Gasteiger partial charge is 0.264 e. The molecule has 0 saturated carbocycles. The van der Waals surface area contributed by atoms with Gasteiger partial charge in [-0.25, -0.2) is 4.98 Å². The number of nitrogens with one attached hydrogen (secondary N) is 1. The number of nitrogens with zero attached hydrogens (tertiary/aromatic N) is 1. The lowest BCUT2D eigenvalue weighted by atomic mass is 10.1. The second kappa shape index (κ2) is 7.84. The summed E-state index contributed by atoms with van der Waals surface area (Å²) < 4.78 is 6.60. The molecule has 142 valence electrons. The third-order valence-corrected chi connectivity index (χ3v) is 6.53. The van der Waals surface area contributed by atoms with E-state index in [4.69, 9.17) is 39.5 Å². The quantitative estimate of drug-likeness (QED) is 0.500. The maximum absolute atomic E-state index is 12.3. The van der Waals surface area contributed by atoms with Crippen LogP contribution in [0.2, 0.25) is 15.1 Å². The molecule has 0 radical (unpaired) electrons. The minimum Gasteiger partial charge on any atom is -0.481 e. The number of carbonyl (C=O) groups is 1. The molecule has 1 N–H and O–H groups in total. The Kier molecular flexibility index (Phi) is 5.87. The van der Waals surface area contributed by atoms with Crippen LogP contribution in [0.4, 0.5) is 5.13 Å². The highest BCUT2D eigenvalue weighted by molar-refractivity contribution is 7.22. The van der Waals surface area contributed by atoms with Crippen molar-refractivity contribution in [1.29, 1.82) is 0 Å². The average Bonchev–Trinajstić information content (AvgIpc) is 3.00. The minimum absolute atomic E-state index is 0.242. The topological polar surface area (TPSA) is 51.2 Å². The number of benzene rings is 2. The molecular formula is C19H17Cl3N2O2S. The Morgan fingerprint density at radius 1 is 1.07 bits per heavy atom. The van der Waals surface area contributed by atoms with Crippen molar-refractivity contribution in [2.45, 2.75) is 27.7 Å². The number of carbonyl (C=O) groups excluding carboxylic acids is 1. The highest BCUT2D eigenvalue weighted by Gasteiger charge is 2.19. The van der Waals surface area contributed by atoms with Gasteiger partial charge in [-0.05, 0) is 56.0 Å². The number of thiazole rings is 1. The normalized spacial score (nSPS) is 11.1. The van der Waals surface area contributed by atoms with Crippen LogP contribution in [0.15, 0.2) is 12.1 Å². The van der Waals surface area contributed by atoms with E-state index in [1.165, 1.54) is 11.3 Å². The van der Waals surface area contributed by atoms with Crippen molar-refractivity contribution in [2.24, 2.45) is 0 Å². The Balaban J connectivity index is 1.75. The fourth-order valence-electron chi connectivity index (χ4n) is 2.75. The van der Waals surface area contributed by atoms with Crippen molar-refractivity contribution in [2.75, 3.05) is 11.9 Å². The molecule has 0 unspecified atom stereocenters. The zero-order valence-corrected chi connectivity index (χ0v) is 18.3. The number of anilines is 1. The monoisotopic (exact) mass is 442 g/mol. The van der Waals surface area contributed by atoms with Gasteiger partial charge in [0, 0.05) is 5.02 Å². The van der Waals surface area contributed by atoms with E-state index in [0.717, 1.165) is 21.3 Å². The molecule has 4 nitrogen and oxygen atoms in total. The molecule has 3 rings (SSSR count). The number of hydrogen-bond acceptors (Lipinski definition) is 4. The van der Waals surface area contributed by atoms with E-state index >= 15 is 0 Å². The van der Waals surface area contributed by atoms with Gasteiger partial charge in [0.1, 0.15) is 0 Å². The number of fused-ring (bicyclic) bond motifs is 1. The number of rotatable bonds is 4. The molecule has 1 heterocycles. The average molecular weight is 444 g/mol. The van der Waals surface area contributed by atoms with Crippen LogP contribution in [0.5, 0.6) is 5.75 Å². The van der Waals surface area contributed by atoms with Gasteiger partial charge in [-0.15, -0.1) is 0 Å². The second-order valence-electron chi connectivity index (χ2n) is 6.31. The number of aryl methyl sites for hydroxylation is 2. The first-order valence-corrected chi connectivity index (χ1v) is 10.1. The summed E-state index contributed by atoms with van der Waals surface area (Å²) in [6, 6.07) is 4.11.